The van der Waals surface area contributed by atoms with Crippen molar-refractivity contribution in [2.45, 2.75) is 45.3 Å². The van der Waals surface area contributed by atoms with Crippen LogP contribution < -0.4 is 10.6 Å². The van der Waals surface area contributed by atoms with E-state index in [0.29, 0.717) is 6.54 Å². The van der Waals surface area contributed by atoms with Gasteiger partial charge in [-0.05, 0) is 20.3 Å². The molecule has 0 radical (unpaired) electrons. The van der Waals surface area contributed by atoms with Gasteiger partial charge in [-0.1, -0.05) is 6.92 Å². The van der Waals surface area contributed by atoms with E-state index in [1.165, 1.54) is 4.88 Å². The van der Waals surface area contributed by atoms with Crippen LogP contribution in [-0.2, 0) is 4.74 Å². The van der Waals surface area contributed by atoms with Gasteiger partial charge in [0.05, 0.1) is 17.2 Å². The molecular formula is C13H21N3O2S. The van der Waals surface area contributed by atoms with E-state index < -0.39 is 0 Å². The Labute approximate surface area is 117 Å². The first-order chi connectivity index (χ1) is 9.06. The first-order valence-electron chi connectivity index (χ1n) is 6.64. The molecule has 2 rings (SSSR count). The highest BCUT2D eigenvalue weighted by molar-refractivity contribution is 7.11. The lowest BCUT2D eigenvalue weighted by Crippen LogP contribution is -2.45. The number of urea groups is 1. The maximum Gasteiger partial charge on any atom is 0.315 e. The first-order valence-corrected chi connectivity index (χ1v) is 7.46. The van der Waals surface area contributed by atoms with Gasteiger partial charge < -0.3 is 15.4 Å². The van der Waals surface area contributed by atoms with Crippen molar-refractivity contribution in [1.29, 1.82) is 0 Å². The minimum absolute atomic E-state index is 0.102. The van der Waals surface area contributed by atoms with Gasteiger partial charge in [-0.15, -0.1) is 11.3 Å². The van der Waals surface area contributed by atoms with Crippen molar-refractivity contribution in [3.63, 3.8) is 0 Å². The molecule has 0 aliphatic carbocycles. The Balaban J connectivity index is 1.74. The molecule has 1 fully saturated rings. The van der Waals surface area contributed by atoms with Crippen molar-refractivity contribution < 1.29 is 9.53 Å². The Morgan fingerprint density at radius 1 is 1.68 bits per heavy atom. The standard InChI is InChI=1S/C13H21N3O2S/c1-8(12-14-7-9(2)19-12)6-15-13(17)16-11-4-5-18-10(11)3/h7-8,10-11H,4-6H2,1-3H3,(H2,15,16,17)/t8-,10+,11+/m1/s1. The van der Waals surface area contributed by atoms with Crippen LogP contribution in [0.5, 0.6) is 0 Å². The van der Waals surface area contributed by atoms with Crippen LogP contribution in [-0.4, -0.2) is 36.3 Å². The quantitative estimate of drug-likeness (QED) is 0.888. The minimum Gasteiger partial charge on any atom is -0.376 e. The molecule has 3 atom stereocenters. The van der Waals surface area contributed by atoms with Crippen LogP contribution in [0.15, 0.2) is 6.20 Å². The highest BCUT2D eigenvalue weighted by atomic mass is 32.1. The number of hydrogen-bond acceptors (Lipinski definition) is 4. The largest absolute Gasteiger partial charge is 0.376 e. The molecule has 1 aliphatic rings. The zero-order chi connectivity index (χ0) is 13.8. The summed E-state index contributed by atoms with van der Waals surface area (Å²) in [5, 5.41) is 6.91. The summed E-state index contributed by atoms with van der Waals surface area (Å²) >= 11 is 1.68. The van der Waals surface area contributed by atoms with E-state index >= 15 is 0 Å². The van der Waals surface area contributed by atoms with Crippen molar-refractivity contribution in [1.82, 2.24) is 15.6 Å². The summed E-state index contributed by atoms with van der Waals surface area (Å²) in [4.78, 5) is 17.3. The molecule has 1 aromatic heterocycles. The third-order valence-electron chi connectivity index (χ3n) is 3.32. The molecule has 2 N–H and O–H groups in total. The molecule has 0 aromatic carbocycles. The number of carbonyl (C=O) groups is 1. The summed E-state index contributed by atoms with van der Waals surface area (Å²) in [6, 6.07) is -0.000101. The third kappa shape index (κ3) is 3.91. The van der Waals surface area contributed by atoms with Crippen LogP contribution in [0, 0.1) is 6.92 Å². The number of hydrogen-bond donors (Lipinski definition) is 2. The topological polar surface area (TPSA) is 63.2 Å². The van der Waals surface area contributed by atoms with Gasteiger partial charge in [0, 0.05) is 30.1 Å². The Bertz CT molecular complexity index is 435. The van der Waals surface area contributed by atoms with Gasteiger partial charge in [-0.25, -0.2) is 9.78 Å². The highest BCUT2D eigenvalue weighted by Crippen LogP contribution is 2.20. The third-order valence-corrected chi connectivity index (χ3v) is 4.47. The number of rotatable bonds is 4. The van der Waals surface area contributed by atoms with Crippen LogP contribution in [0.3, 0.4) is 0 Å². The number of aryl methyl sites for hydroxylation is 1. The molecule has 0 spiro atoms. The lowest BCUT2D eigenvalue weighted by atomic mass is 10.1. The van der Waals surface area contributed by atoms with E-state index in [2.05, 4.69) is 22.5 Å². The fourth-order valence-corrected chi connectivity index (χ4v) is 2.90. The summed E-state index contributed by atoms with van der Waals surface area (Å²) in [5.74, 6) is 0.238. The number of aromatic nitrogens is 1. The van der Waals surface area contributed by atoms with Gasteiger partial charge in [-0.3, -0.25) is 0 Å². The van der Waals surface area contributed by atoms with E-state index in [1.807, 2.05) is 20.0 Å². The second-order valence-electron chi connectivity index (χ2n) is 5.04. The predicted molar refractivity (Wildman–Crippen MR) is 75.6 cm³/mol. The fraction of sp³-hybridized carbons (Fsp3) is 0.692. The van der Waals surface area contributed by atoms with E-state index in [0.717, 1.165) is 18.0 Å². The second kappa shape index (κ2) is 6.34. The van der Waals surface area contributed by atoms with Gasteiger partial charge in [0.25, 0.3) is 0 Å². The Morgan fingerprint density at radius 2 is 2.47 bits per heavy atom. The molecule has 19 heavy (non-hydrogen) atoms. The lowest BCUT2D eigenvalue weighted by Gasteiger charge is -2.17. The summed E-state index contributed by atoms with van der Waals surface area (Å²) in [5.41, 5.74) is 0. The van der Waals surface area contributed by atoms with Crippen LogP contribution in [0.4, 0.5) is 4.79 Å². The summed E-state index contributed by atoms with van der Waals surface area (Å²) < 4.78 is 5.41. The maximum atomic E-state index is 11.8. The van der Waals surface area contributed by atoms with Gasteiger partial charge in [0.15, 0.2) is 0 Å². The van der Waals surface area contributed by atoms with E-state index in [1.54, 1.807) is 11.3 Å². The van der Waals surface area contributed by atoms with Crippen molar-refractivity contribution in [2.24, 2.45) is 0 Å². The van der Waals surface area contributed by atoms with Crippen LogP contribution in [0.2, 0.25) is 0 Å². The zero-order valence-corrected chi connectivity index (χ0v) is 12.4. The van der Waals surface area contributed by atoms with Crippen molar-refractivity contribution >= 4 is 17.4 Å². The molecule has 2 amide bonds. The average Bonchev–Trinajstić information content (AvgIpc) is 2.96. The molecule has 2 heterocycles. The summed E-state index contributed by atoms with van der Waals surface area (Å²) in [6.45, 7) is 7.41. The Hall–Kier alpha value is -1.14. The number of ether oxygens (including phenoxy) is 1. The number of amides is 2. The van der Waals surface area contributed by atoms with Crippen molar-refractivity contribution in [3.05, 3.63) is 16.1 Å². The smallest absolute Gasteiger partial charge is 0.315 e. The van der Waals surface area contributed by atoms with Crippen LogP contribution in [0.1, 0.15) is 36.1 Å². The fourth-order valence-electron chi connectivity index (χ4n) is 2.07. The van der Waals surface area contributed by atoms with Crippen LogP contribution >= 0.6 is 11.3 Å². The molecule has 1 aromatic rings. The predicted octanol–water partition coefficient (Wildman–Crippen LogP) is 2.03. The van der Waals surface area contributed by atoms with Crippen LogP contribution in [0.25, 0.3) is 0 Å². The maximum absolute atomic E-state index is 11.8. The number of nitrogens with zero attached hydrogens (tertiary/aromatic N) is 1. The monoisotopic (exact) mass is 283 g/mol. The van der Waals surface area contributed by atoms with Gasteiger partial charge in [-0.2, -0.15) is 0 Å². The van der Waals surface area contributed by atoms with Crippen molar-refractivity contribution in [3.8, 4) is 0 Å². The summed E-state index contributed by atoms with van der Waals surface area (Å²) in [7, 11) is 0. The van der Waals surface area contributed by atoms with Gasteiger partial charge in [0.1, 0.15) is 0 Å². The van der Waals surface area contributed by atoms with E-state index in [-0.39, 0.29) is 24.1 Å². The Morgan fingerprint density at radius 3 is 3.05 bits per heavy atom. The average molecular weight is 283 g/mol. The molecule has 0 bridgehead atoms. The SMILES string of the molecule is Cc1cnc([C@H](C)CNC(=O)N[C@H]2CCO[C@H]2C)s1. The normalized spacial score (nSPS) is 24.2. The molecular weight excluding hydrogens is 262 g/mol. The van der Waals surface area contributed by atoms with Gasteiger partial charge >= 0.3 is 6.03 Å². The number of thiazole rings is 1. The number of nitrogens with one attached hydrogen (secondary N) is 2. The molecule has 0 saturated carbocycles. The Kier molecular flexibility index (Phi) is 4.76. The van der Waals surface area contributed by atoms with Gasteiger partial charge in [0.2, 0.25) is 0 Å². The number of carbonyl (C=O) groups excluding carboxylic acids is 1. The lowest BCUT2D eigenvalue weighted by molar-refractivity contribution is 0.114. The highest BCUT2D eigenvalue weighted by Gasteiger charge is 2.25. The molecule has 5 nitrogen and oxygen atoms in total. The first kappa shape index (κ1) is 14.3. The minimum atomic E-state index is -0.123. The van der Waals surface area contributed by atoms with Crippen molar-refractivity contribution in [2.75, 3.05) is 13.2 Å². The van der Waals surface area contributed by atoms with E-state index in [9.17, 15) is 4.79 Å². The molecule has 106 valence electrons. The zero-order valence-electron chi connectivity index (χ0n) is 11.6. The second-order valence-corrected chi connectivity index (χ2v) is 6.30. The summed E-state index contributed by atoms with van der Waals surface area (Å²) in [6.07, 6.45) is 2.86. The molecule has 1 aliphatic heterocycles. The molecule has 0 unspecified atom stereocenters. The molecule has 1 saturated heterocycles. The van der Waals surface area contributed by atoms with E-state index in [4.69, 9.17) is 4.74 Å². The molecule has 6 heteroatoms.